The number of hydrogen-bond acceptors (Lipinski definition) is 0. The predicted molar refractivity (Wildman–Crippen MR) is 58.1 cm³/mol. The number of alkyl halides is 2. The Morgan fingerprint density at radius 2 is 1.50 bits per heavy atom. The van der Waals surface area contributed by atoms with Crippen LogP contribution in [0.15, 0.2) is 0 Å². The second kappa shape index (κ2) is 7.19. The number of halogens is 2. The highest BCUT2D eigenvalue weighted by Gasteiger charge is 2.27. The molecule has 0 saturated carbocycles. The quantitative estimate of drug-likeness (QED) is 0.499. The summed E-state index contributed by atoms with van der Waals surface area (Å²) in [7, 11) is 0. The highest BCUT2D eigenvalue weighted by atomic mass is 19.2. The molecule has 0 aliphatic carbocycles. The summed E-state index contributed by atoms with van der Waals surface area (Å²) in [6.07, 6.45) is 5.80. The SMILES string of the molecule is CCCCCCCCC(F)C(C)(C)F. The third-order valence-corrected chi connectivity index (χ3v) is 2.56. The molecular weight excluding hydrogens is 182 g/mol. The first-order valence-corrected chi connectivity index (χ1v) is 5.81. The third kappa shape index (κ3) is 7.28. The monoisotopic (exact) mass is 206 g/mol. The normalized spacial score (nSPS) is 14.4. The topological polar surface area (TPSA) is 0 Å². The Hall–Kier alpha value is -0.140. The van der Waals surface area contributed by atoms with Gasteiger partial charge >= 0.3 is 0 Å². The van der Waals surface area contributed by atoms with Crippen LogP contribution in [0.3, 0.4) is 0 Å². The van der Waals surface area contributed by atoms with Crippen LogP contribution < -0.4 is 0 Å². The van der Waals surface area contributed by atoms with Crippen molar-refractivity contribution in [3.63, 3.8) is 0 Å². The van der Waals surface area contributed by atoms with E-state index in [1.54, 1.807) is 0 Å². The molecule has 1 unspecified atom stereocenters. The van der Waals surface area contributed by atoms with Crippen molar-refractivity contribution in [1.29, 1.82) is 0 Å². The van der Waals surface area contributed by atoms with E-state index in [9.17, 15) is 8.78 Å². The average molecular weight is 206 g/mol. The van der Waals surface area contributed by atoms with E-state index in [2.05, 4.69) is 6.92 Å². The van der Waals surface area contributed by atoms with Gasteiger partial charge in [0, 0.05) is 0 Å². The van der Waals surface area contributed by atoms with Gasteiger partial charge in [0.05, 0.1) is 0 Å². The van der Waals surface area contributed by atoms with Crippen molar-refractivity contribution in [1.82, 2.24) is 0 Å². The lowest BCUT2D eigenvalue weighted by Crippen LogP contribution is -2.27. The van der Waals surface area contributed by atoms with Crippen molar-refractivity contribution in [2.24, 2.45) is 0 Å². The number of hydrogen-bond donors (Lipinski definition) is 0. The molecule has 0 bridgehead atoms. The Balaban J connectivity index is 3.28. The van der Waals surface area contributed by atoms with Crippen molar-refractivity contribution >= 4 is 0 Å². The van der Waals surface area contributed by atoms with Crippen LogP contribution in [0.2, 0.25) is 0 Å². The summed E-state index contributed by atoms with van der Waals surface area (Å²) in [6.45, 7) is 4.80. The molecular formula is C12H24F2. The molecule has 0 aliphatic rings. The van der Waals surface area contributed by atoms with Crippen LogP contribution in [-0.4, -0.2) is 11.8 Å². The van der Waals surface area contributed by atoms with Gasteiger partial charge in [0.25, 0.3) is 0 Å². The number of rotatable bonds is 8. The van der Waals surface area contributed by atoms with E-state index in [0.717, 1.165) is 19.3 Å². The molecule has 0 radical (unpaired) electrons. The van der Waals surface area contributed by atoms with Crippen LogP contribution in [0.5, 0.6) is 0 Å². The summed E-state index contributed by atoms with van der Waals surface area (Å²) in [4.78, 5) is 0. The van der Waals surface area contributed by atoms with Crippen LogP contribution in [0, 0.1) is 0 Å². The maximum absolute atomic E-state index is 13.1. The largest absolute Gasteiger partial charge is 0.244 e. The van der Waals surface area contributed by atoms with E-state index in [4.69, 9.17) is 0 Å². The molecule has 0 aromatic carbocycles. The molecule has 86 valence electrons. The molecule has 1 atom stereocenters. The molecule has 14 heavy (non-hydrogen) atoms. The molecule has 0 nitrogen and oxygen atoms in total. The summed E-state index contributed by atoms with van der Waals surface area (Å²) in [5, 5.41) is 0. The van der Waals surface area contributed by atoms with Gasteiger partial charge in [0.15, 0.2) is 0 Å². The summed E-state index contributed by atoms with van der Waals surface area (Å²) in [5.41, 5.74) is -1.66. The van der Waals surface area contributed by atoms with Crippen molar-refractivity contribution in [3.05, 3.63) is 0 Å². The van der Waals surface area contributed by atoms with Crippen molar-refractivity contribution in [2.75, 3.05) is 0 Å². The zero-order valence-electron chi connectivity index (χ0n) is 9.78. The first kappa shape index (κ1) is 13.9. The average Bonchev–Trinajstić information content (AvgIpc) is 2.09. The van der Waals surface area contributed by atoms with E-state index < -0.39 is 11.8 Å². The molecule has 0 saturated heterocycles. The molecule has 0 N–H and O–H groups in total. The maximum Gasteiger partial charge on any atom is 0.136 e. The maximum atomic E-state index is 13.1. The van der Waals surface area contributed by atoms with Crippen molar-refractivity contribution in [2.45, 2.75) is 77.6 Å². The van der Waals surface area contributed by atoms with Crippen LogP contribution in [0.1, 0.15) is 65.7 Å². The lowest BCUT2D eigenvalue weighted by Gasteiger charge is -2.19. The second-order valence-electron chi connectivity index (χ2n) is 4.59. The Morgan fingerprint density at radius 3 is 2.00 bits per heavy atom. The molecule has 0 heterocycles. The zero-order valence-corrected chi connectivity index (χ0v) is 9.78. The van der Waals surface area contributed by atoms with E-state index >= 15 is 0 Å². The Labute approximate surface area is 87.1 Å². The summed E-state index contributed by atoms with van der Waals surface area (Å²) < 4.78 is 26.1. The molecule has 0 amide bonds. The van der Waals surface area contributed by atoms with Gasteiger partial charge in [0.2, 0.25) is 0 Å². The van der Waals surface area contributed by atoms with Crippen molar-refractivity contribution in [3.8, 4) is 0 Å². The molecule has 0 spiro atoms. The highest BCUT2D eigenvalue weighted by molar-refractivity contribution is 4.76. The van der Waals surface area contributed by atoms with Crippen LogP contribution in [-0.2, 0) is 0 Å². The first-order valence-electron chi connectivity index (χ1n) is 5.81. The lowest BCUT2D eigenvalue weighted by molar-refractivity contribution is 0.0770. The first-order chi connectivity index (χ1) is 6.48. The molecule has 0 rings (SSSR count). The predicted octanol–water partition coefficient (Wildman–Crippen LogP) is 4.82. The van der Waals surface area contributed by atoms with Gasteiger partial charge in [-0.25, -0.2) is 8.78 Å². The third-order valence-electron chi connectivity index (χ3n) is 2.56. The van der Waals surface area contributed by atoms with Gasteiger partial charge in [-0.1, -0.05) is 45.4 Å². The van der Waals surface area contributed by atoms with Gasteiger partial charge in [-0.15, -0.1) is 0 Å². The Bertz CT molecular complexity index is 127. The minimum absolute atomic E-state index is 0.371. The minimum atomic E-state index is -1.66. The van der Waals surface area contributed by atoms with E-state index in [0.29, 0.717) is 6.42 Å². The van der Waals surface area contributed by atoms with Gasteiger partial charge in [-0.2, -0.15) is 0 Å². The fourth-order valence-electron chi connectivity index (χ4n) is 1.45. The summed E-state index contributed by atoms with van der Waals surface area (Å²) >= 11 is 0. The molecule has 2 heteroatoms. The van der Waals surface area contributed by atoms with Gasteiger partial charge < -0.3 is 0 Å². The Kier molecular flexibility index (Phi) is 7.12. The minimum Gasteiger partial charge on any atom is -0.244 e. The van der Waals surface area contributed by atoms with Gasteiger partial charge in [-0.05, 0) is 20.3 Å². The molecule has 0 fully saturated rings. The van der Waals surface area contributed by atoms with E-state index in [1.165, 1.54) is 33.1 Å². The van der Waals surface area contributed by atoms with Gasteiger partial charge in [0.1, 0.15) is 11.8 Å². The summed E-state index contributed by atoms with van der Waals surface area (Å²) in [5.74, 6) is 0. The highest BCUT2D eigenvalue weighted by Crippen LogP contribution is 2.23. The second-order valence-corrected chi connectivity index (χ2v) is 4.59. The smallest absolute Gasteiger partial charge is 0.136 e. The van der Waals surface area contributed by atoms with Crippen LogP contribution in [0.25, 0.3) is 0 Å². The van der Waals surface area contributed by atoms with Gasteiger partial charge in [-0.3, -0.25) is 0 Å². The van der Waals surface area contributed by atoms with Crippen molar-refractivity contribution < 1.29 is 8.78 Å². The number of unbranched alkanes of at least 4 members (excludes halogenated alkanes) is 5. The Morgan fingerprint density at radius 1 is 1.00 bits per heavy atom. The molecule has 0 aromatic heterocycles. The fourth-order valence-corrected chi connectivity index (χ4v) is 1.45. The van der Waals surface area contributed by atoms with E-state index in [-0.39, 0.29) is 0 Å². The standard InChI is InChI=1S/C12H24F2/c1-4-5-6-7-8-9-10-11(13)12(2,3)14/h11H,4-10H2,1-3H3. The molecule has 0 aliphatic heterocycles. The molecule has 0 aromatic rings. The lowest BCUT2D eigenvalue weighted by atomic mass is 9.99. The van der Waals surface area contributed by atoms with E-state index in [1.807, 2.05) is 0 Å². The fraction of sp³-hybridized carbons (Fsp3) is 1.00. The zero-order chi connectivity index (χ0) is 11.0. The van der Waals surface area contributed by atoms with Crippen LogP contribution >= 0.6 is 0 Å². The summed E-state index contributed by atoms with van der Waals surface area (Å²) in [6, 6.07) is 0. The van der Waals surface area contributed by atoms with Crippen LogP contribution in [0.4, 0.5) is 8.78 Å².